The van der Waals surface area contributed by atoms with Gasteiger partial charge in [0.2, 0.25) is 0 Å². The molecule has 0 heterocycles. The van der Waals surface area contributed by atoms with Crippen LogP contribution in [0.4, 0.5) is 17.1 Å². The molecule has 0 radical (unpaired) electrons. The van der Waals surface area contributed by atoms with Crippen molar-refractivity contribution in [3.05, 3.63) is 54.6 Å². The zero-order valence-electron chi connectivity index (χ0n) is 11.7. The van der Waals surface area contributed by atoms with Crippen molar-refractivity contribution in [2.75, 3.05) is 10.6 Å². The van der Waals surface area contributed by atoms with Gasteiger partial charge in [-0.3, -0.25) is 0 Å². The zero-order valence-corrected chi connectivity index (χ0v) is 11.7. The molecular formula is C17H22N2. The molecule has 2 heteroatoms. The molecule has 0 aliphatic heterocycles. The molecule has 2 aromatic rings. The fourth-order valence-corrected chi connectivity index (χ4v) is 2.13. The van der Waals surface area contributed by atoms with Gasteiger partial charge in [0, 0.05) is 23.1 Å². The Labute approximate surface area is 115 Å². The van der Waals surface area contributed by atoms with E-state index in [1.165, 1.54) is 18.5 Å². The second kappa shape index (κ2) is 6.83. The summed E-state index contributed by atoms with van der Waals surface area (Å²) < 4.78 is 0. The van der Waals surface area contributed by atoms with Crippen molar-refractivity contribution < 1.29 is 0 Å². The molecule has 0 aromatic heterocycles. The van der Waals surface area contributed by atoms with Crippen molar-refractivity contribution in [2.45, 2.75) is 32.7 Å². The highest BCUT2D eigenvalue weighted by molar-refractivity contribution is 5.62. The third kappa shape index (κ3) is 4.32. The molecule has 0 bridgehead atoms. The molecule has 0 aliphatic rings. The normalized spacial score (nSPS) is 11.9. The van der Waals surface area contributed by atoms with Crippen LogP contribution in [0.25, 0.3) is 0 Å². The SMILES string of the molecule is CCCC(C)Nc1ccc(Nc2ccccc2)cc1. The maximum Gasteiger partial charge on any atom is 0.0385 e. The highest BCUT2D eigenvalue weighted by atomic mass is 14.9. The topological polar surface area (TPSA) is 24.1 Å². The summed E-state index contributed by atoms with van der Waals surface area (Å²) in [6.07, 6.45) is 2.41. The van der Waals surface area contributed by atoms with Crippen LogP contribution in [-0.4, -0.2) is 6.04 Å². The van der Waals surface area contributed by atoms with E-state index in [0.717, 1.165) is 11.4 Å². The molecule has 0 amide bonds. The second-order valence-corrected chi connectivity index (χ2v) is 4.90. The number of rotatable bonds is 6. The summed E-state index contributed by atoms with van der Waals surface area (Å²) in [7, 11) is 0. The number of para-hydroxylation sites is 1. The van der Waals surface area contributed by atoms with Crippen molar-refractivity contribution in [3.8, 4) is 0 Å². The Balaban J connectivity index is 1.95. The molecule has 0 saturated carbocycles. The molecule has 0 fully saturated rings. The first-order valence-electron chi connectivity index (χ1n) is 6.96. The smallest absolute Gasteiger partial charge is 0.0385 e. The summed E-state index contributed by atoms with van der Waals surface area (Å²) in [5.41, 5.74) is 3.40. The van der Waals surface area contributed by atoms with Gasteiger partial charge in [-0.15, -0.1) is 0 Å². The Hall–Kier alpha value is -1.96. The van der Waals surface area contributed by atoms with Gasteiger partial charge in [0.1, 0.15) is 0 Å². The lowest BCUT2D eigenvalue weighted by Crippen LogP contribution is -2.14. The molecule has 100 valence electrons. The summed E-state index contributed by atoms with van der Waals surface area (Å²) in [6, 6.07) is 19.2. The van der Waals surface area contributed by atoms with E-state index in [1.807, 2.05) is 18.2 Å². The second-order valence-electron chi connectivity index (χ2n) is 4.90. The molecular weight excluding hydrogens is 232 g/mol. The summed E-state index contributed by atoms with van der Waals surface area (Å²) in [4.78, 5) is 0. The van der Waals surface area contributed by atoms with E-state index in [-0.39, 0.29) is 0 Å². The van der Waals surface area contributed by atoms with Gasteiger partial charge < -0.3 is 10.6 Å². The minimum atomic E-state index is 0.526. The Kier molecular flexibility index (Phi) is 4.85. The molecule has 0 spiro atoms. The first-order chi connectivity index (χ1) is 9.28. The lowest BCUT2D eigenvalue weighted by molar-refractivity contribution is 0.690. The zero-order chi connectivity index (χ0) is 13.5. The molecule has 2 rings (SSSR count). The van der Waals surface area contributed by atoms with Crippen LogP contribution in [0.2, 0.25) is 0 Å². The molecule has 1 atom stereocenters. The van der Waals surface area contributed by atoms with E-state index in [1.54, 1.807) is 0 Å². The third-order valence-corrected chi connectivity index (χ3v) is 3.08. The Morgan fingerprint density at radius 2 is 1.42 bits per heavy atom. The highest BCUT2D eigenvalue weighted by Gasteiger charge is 2.00. The third-order valence-electron chi connectivity index (χ3n) is 3.08. The molecule has 2 nitrogen and oxygen atoms in total. The Morgan fingerprint density at radius 1 is 0.842 bits per heavy atom. The van der Waals surface area contributed by atoms with Gasteiger partial charge in [-0.1, -0.05) is 31.5 Å². The van der Waals surface area contributed by atoms with Crippen LogP contribution < -0.4 is 10.6 Å². The predicted molar refractivity (Wildman–Crippen MR) is 84.2 cm³/mol. The largest absolute Gasteiger partial charge is 0.383 e. The Morgan fingerprint density at radius 3 is 2.05 bits per heavy atom. The summed E-state index contributed by atoms with van der Waals surface area (Å²) in [6.45, 7) is 4.44. The van der Waals surface area contributed by atoms with Crippen molar-refractivity contribution in [3.63, 3.8) is 0 Å². The lowest BCUT2D eigenvalue weighted by Gasteiger charge is -2.14. The molecule has 19 heavy (non-hydrogen) atoms. The lowest BCUT2D eigenvalue weighted by atomic mass is 10.2. The van der Waals surface area contributed by atoms with Gasteiger partial charge in [0.25, 0.3) is 0 Å². The summed E-state index contributed by atoms with van der Waals surface area (Å²) in [5, 5.41) is 6.89. The number of anilines is 3. The number of hydrogen-bond donors (Lipinski definition) is 2. The molecule has 0 saturated heterocycles. The van der Waals surface area contributed by atoms with E-state index in [9.17, 15) is 0 Å². The molecule has 2 aromatic carbocycles. The maximum atomic E-state index is 3.51. The van der Waals surface area contributed by atoms with Gasteiger partial charge in [-0.25, -0.2) is 0 Å². The van der Waals surface area contributed by atoms with Gasteiger partial charge >= 0.3 is 0 Å². The van der Waals surface area contributed by atoms with Crippen LogP contribution in [0, 0.1) is 0 Å². The first-order valence-corrected chi connectivity index (χ1v) is 6.96. The molecule has 0 aliphatic carbocycles. The standard InChI is InChI=1S/C17H22N2/c1-3-7-14(2)18-16-10-12-17(13-11-16)19-15-8-5-4-6-9-15/h4-6,8-14,18-19H,3,7H2,1-2H3. The van der Waals surface area contributed by atoms with Gasteiger partial charge in [0.05, 0.1) is 0 Å². The Bertz CT molecular complexity index is 476. The van der Waals surface area contributed by atoms with Crippen LogP contribution in [0.3, 0.4) is 0 Å². The minimum Gasteiger partial charge on any atom is -0.383 e. The van der Waals surface area contributed by atoms with Crippen molar-refractivity contribution in [1.29, 1.82) is 0 Å². The quantitative estimate of drug-likeness (QED) is 0.755. The predicted octanol–water partition coefficient (Wildman–Crippen LogP) is 5.03. The average molecular weight is 254 g/mol. The highest BCUT2D eigenvalue weighted by Crippen LogP contribution is 2.19. The number of benzene rings is 2. The number of nitrogens with one attached hydrogen (secondary N) is 2. The van der Waals surface area contributed by atoms with Crippen LogP contribution in [0.1, 0.15) is 26.7 Å². The molecule has 1 unspecified atom stereocenters. The summed E-state index contributed by atoms with van der Waals surface area (Å²) in [5.74, 6) is 0. The van der Waals surface area contributed by atoms with Crippen LogP contribution >= 0.6 is 0 Å². The van der Waals surface area contributed by atoms with E-state index in [2.05, 4.69) is 60.9 Å². The van der Waals surface area contributed by atoms with Gasteiger partial charge in [-0.2, -0.15) is 0 Å². The van der Waals surface area contributed by atoms with Crippen molar-refractivity contribution >= 4 is 17.1 Å². The van der Waals surface area contributed by atoms with Crippen LogP contribution in [0.5, 0.6) is 0 Å². The van der Waals surface area contributed by atoms with Crippen molar-refractivity contribution in [2.24, 2.45) is 0 Å². The van der Waals surface area contributed by atoms with Crippen molar-refractivity contribution in [1.82, 2.24) is 0 Å². The fraction of sp³-hybridized carbons (Fsp3) is 0.294. The summed E-state index contributed by atoms with van der Waals surface area (Å²) >= 11 is 0. The number of hydrogen-bond acceptors (Lipinski definition) is 2. The van der Waals surface area contributed by atoms with Gasteiger partial charge in [0.15, 0.2) is 0 Å². The molecule has 2 N–H and O–H groups in total. The minimum absolute atomic E-state index is 0.526. The van der Waals surface area contributed by atoms with E-state index < -0.39 is 0 Å². The average Bonchev–Trinajstić information content (AvgIpc) is 2.42. The van der Waals surface area contributed by atoms with Gasteiger partial charge in [-0.05, 0) is 49.7 Å². The van der Waals surface area contributed by atoms with E-state index in [4.69, 9.17) is 0 Å². The van der Waals surface area contributed by atoms with E-state index in [0.29, 0.717) is 6.04 Å². The van der Waals surface area contributed by atoms with E-state index >= 15 is 0 Å². The monoisotopic (exact) mass is 254 g/mol. The fourth-order valence-electron chi connectivity index (χ4n) is 2.13. The maximum absolute atomic E-state index is 3.51. The van der Waals surface area contributed by atoms with Crippen LogP contribution in [-0.2, 0) is 0 Å². The van der Waals surface area contributed by atoms with Crippen LogP contribution in [0.15, 0.2) is 54.6 Å². The first kappa shape index (κ1) is 13.5.